The van der Waals surface area contributed by atoms with E-state index in [1.807, 2.05) is 0 Å². The van der Waals surface area contributed by atoms with Gasteiger partial charge in [-0.05, 0) is 0 Å². The molecule has 0 aromatic heterocycles. The van der Waals surface area contributed by atoms with Crippen LogP contribution in [0.4, 0.5) is 0 Å². The fourth-order valence-electron chi connectivity index (χ4n) is 1.86. The van der Waals surface area contributed by atoms with Crippen molar-refractivity contribution in [2.24, 2.45) is 0 Å². The molecule has 0 atom stereocenters. The molecule has 0 spiro atoms. The Hall–Kier alpha value is 1.05. The van der Waals surface area contributed by atoms with Crippen molar-refractivity contribution in [3.05, 3.63) is 0 Å². The summed E-state index contributed by atoms with van der Waals surface area (Å²) < 4.78 is 1.15. The Morgan fingerprint density at radius 2 is 0.611 bits per heavy atom. The van der Waals surface area contributed by atoms with E-state index < -0.39 is 0 Å². The first kappa shape index (κ1) is 17.1. The summed E-state index contributed by atoms with van der Waals surface area (Å²) in [6.45, 7) is 21.1. The summed E-state index contributed by atoms with van der Waals surface area (Å²) in [5.74, 6) is 0. The zero-order valence-electron chi connectivity index (χ0n) is 13.5. The minimum atomic E-state index is 0.383. The lowest BCUT2D eigenvalue weighted by Crippen LogP contribution is -2.12. The Morgan fingerprint density at radius 1 is 0.444 bits per heavy atom. The molecule has 0 heterocycles. The molecule has 108 valence electrons. The minimum Gasteiger partial charge on any atom is -0.150 e. The van der Waals surface area contributed by atoms with Gasteiger partial charge >= 0.3 is 0 Å². The van der Waals surface area contributed by atoms with Crippen LogP contribution in [-0.4, -0.2) is 30.0 Å². The van der Waals surface area contributed by atoms with Crippen LogP contribution in [0.25, 0.3) is 0 Å². The van der Waals surface area contributed by atoms with Crippen LogP contribution in [0.15, 0.2) is 0 Å². The van der Waals surface area contributed by atoms with Gasteiger partial charge in [-0.15, -0.1) is 0 Å². The number of hydrogen-bond donors (Lipinski definition) is 0. The van der Waals surface area contributed by atoms with Crippen molar-refractivity contribution in [1.82, 2.24) is 0 Å². The standard InChI is InChI=1S/C15H30S3/c1-13(2,3)16-10-11(17-14(4,5)6)12(10)18-15(7,8)9/h10-12H,1-9H3. The maximum Gasteiger partial charge on any atom is 0.0313 e. The molecule has 0 bridgehead atoms. The van der Waals surface area contributed by atoms with Gasteiger partial charge in [-0.3, -0.25) is 0 Å². The lowest BCUT2D eigenvalue weighted by Gasteiger charge is -2.20. The van der Waals surface area contributed by atoms with Crippen molar-refractivity contribution >= 4 is 35.3 Å². The Kier molecular flexibility index (Phi) is 5.17. The van der Waals surface area contributed by atoms with Gasteiger partial charge in [-0.25, -0.2) is 0 Å². The Labute approximate surface area is 127 Å². The molecule has 3 heteroatoms. The van der Waals surface area contributed by atoms with Gasteiger partial charge in [0.2, 0.25) is 0 Å². The smallest absolute Gasteiger partial charge is 0.0313 e. The summed E-state index contributed by atoms with van der Waals surface area (Å²) >= 11 is 6.54. The van der Waals surface area contributed by atoms with E-state index in [0.717, 1.165) is 15.7 Å². The van der Waals surface area contributed by atoms with Crippen LogP contribution in [-0.2, 0) is 0 Å². The molecule has 1 aliphatic rings. The second kappa shape index (κ2) is 5.44. The van der Waals surface area contributed by atoms with Gasteiger partial charge in [-0.1, -0.05) is 62.3 Å². The predicted octanol–water partition coefficient (Wildman–Crippen LogP) is 5.70. The van der Waals surface area contributed by atoms with E-state index in [4.69, 9.17) is 0 Å². The highest BCUT2D eigenvalue weighted by Crippen LogP contribution is 2.58. The molecular weight excluding hydrogens is 276 g/mol. The molecule has 0 aromatic rings. The van der Waals surface area contributed by atoms with Crippen molar-refractivity contribution < 1.29 is 0 Å². The van der Waals surface area contributed by atoms with Gasteiger partial charge in [0, 0.05) is 30.0 Å². The molecule has 0 saturated heterocycles. The first-order valence-corrected chi connectivity index (χ1v) is 9.46. The molecular formula is C15H30S3. The molecule has 0 amide bonds. The zero-order valence-corrected chi connectivity index (χ0v) is 15.9. The molecule has 0 radical (unpaired) electrons. The highest BCUT2D eigenvalue weighted by atomic mass is 32.2. The van der Waals surface area contributed by atoms with Gasteiger partial charge in [0.25, 0.3) is 0 Å². The second-order valence-electron chi connectivity index (χ2n) is 8.08. The van der Waals surface area contributed by atoms with E-state index in [1.165, 1.54) is 0 Å². The van der Waals surface area contributed by atoms with Crippen LogP contribution in [0.1, 0.15) is 62.3 Å². The topological polar surface area (TPSA) is 0 Å². The van der Waals surface area contributed by atoms with Gasteiger partial charge in [-0.2, -0.15) is 35.3 Å². The average Bonchev–Trinajstić information content (AvgIpc) is 2.53. The third-order valence-electron chi connectivity index (χ3n) is 2.30. The zero-order chi connectivity index (χ0) is 14.4. The maximum atomic E-state index is 2.34. The van der Waals surface area contributed by atoms with Crippen molar-refractivity contribution in [2.75, 3.05) is 0 Å². The van der Waals surface area contributed by atoms with E-state index in [9.17, 15) is 0 Å². The first-order chi connectivity index (χ1) is 7.79. The summed E-state index contributed by atoms with van der Waals surface area (Å²) in [5, 5.41) is 2.50. The maximum absolute atomic E-state index is 2.34. The largest absolute Gasteiger partial charge is 0.150 e. The summed E-state index contributed by atoms with van der Waals surface area (Å²) in [5.41, 5.74) is 0. The molecule has 0 aliphatic heterocycles. The Bertz CT molecular complexity index is 224. The van der Waals surface area contributed by atoms with E-state index in [2.05, 4.69) is 97.6 Å². The monoisotopic (exact) mass is 306 g/mol. The van der Waals surface area contributed by atoms with Crippen LogP contribution >= 0.6 is 35.3 Å². The van der Waals surface area contributed by atoms with Gasteiger partial charge in [0.15, 0.2) is 0 Å². The molecule has 1 rings (SSSR count). The number of hydrogen-bond acceptors (Lipinski definition) is 3. The lowest BCUT2D eigenvalue weighted by atomic mass is 10.3. The molecule has 1 aliphatic carbocycles. The summed E-state index contributed by atoms with van der Waals surface area (Å²) in [6.07, 6.45) is 0. The van der Waals surface area contributed by atoms with Crippen LogP contribution in [0, 0.1) is 0 Å². The van der Waals surface area contributed by atoms with Crippen molar-refractivity contribution in [3.63, 3.8) is 0 Å². The Morgan fingerprint density at radius 3 is 0.722 bits per heavy atom. The number of rotatable bonds is 3. The van der Waals surface area contributed by atoms with E-state index in [0.29, 0.717) is 14.2 Å². The average molecular weight is 307 g/mol. The fourth-order valence-corrected chi connectivity index (χ4v) is 7.16. The van der Waals surface area contributed by atoms with Crippen molar-refractivity contribution in [1.29, 1.82) is 0 Å². The predicted molar refractivity (Wildman–Crippen MR) is 93.4 cm³/mol. The highest BCUT2D eigenvalue weighted by Gasteiger charge is 2.55. The van der Waals surface area contributed by atoms with E-state index in [-0.39, 0.29) is 0 Å². The van der Waals surface area contributed by atoms with Gasteiger partial charge in [0.1, 0.15) is 0 Å². The summed E-state index contributed by atoms with van der Waals surface area (Å²) in [4.78, 5) is 0. The molecule has 1 saturated carbocycles. The van der Waals surface area contributed by atoms with Gasteiger partial charge in [0.05, 0.1) is 0 Å². The second-order valence-corrected chi connectivity index (χ2v) is 14.1. The quantitative estimate of drug-likeness (QED) is 0.656. The van der Waals surface area contributed by atoms with Crippen molar-refractivity contribution in [3.8, 4) is 0 Å². The molecule has 0 aromatic carbocycles. The van der Waals surface area contributed by atoms with Crippen LogP contribution in [0.3, 0.4) is 0 Å². The minimum absolute atomic E-state index is 0.383. The molecule has 0 N–H and O–H groups in total. The molecule has 1 fully saturated rings. The van der Waals surface area contributed by atoms with Gasteiger partial charge < -0.3 is 0 Å². The normalized spacial score (nSPS) is 29.5. The highest BCUT2D eigenvalue weighted by molar-refractivity contribution is 8.10. The SMILES string of the molecule is CC(C)(C)SC1C(SC(C)(C)C)C1SC(C)(C)C. The van der Waals surface area contributed by atoms with Crippen LogP contribution < -0.4 is 0 Å². The fraction of sp³-hybridized carbons (Fsp3) is 1.00. The molecule has 18 heavy (non-hydrogen) atoms. The van der Waals surface area contributed by atoms with E-state index >= 15 is 0 Å². The van der Waals surface area contributed by atoms with Crippen molar-refractivity contribution in [2.45, 2.75) is 92.3 Å². The van der Waals surface area contributed by atoms with Crippen LogP contribution in [0.5, 0.6) is 0 Å². The summed E-state index contributed by atoms with van der Waals surface area (Å²) in [6, 6.07) is 0. The Balaban J connectivity index is 2.63. The third kappa shape index (κ3) is 6.47. The molecule has 0 nitrogen and oxygen atoms in total. The first-order valence-electron chi connectivity index (χ1n) is 6.82. The lowest BCUT2D eigenvalue weighted by molar-refractivity contribution is 0.798. The van der Waals surface area contributed by atoms with Crippen LogP contribution in [0.2, 0.25) is 0 Å². The van der Waals surface area contributed by atoms with E-state index in [1.54, 1.807) is 0 Å². The third-order valence-corrected chi connectivity index (χ3v) is 7.51. The summed E-state index contributed by atoms with van der Waals surface area (Å²) in [7, 11) is 0. The number of thioether (sulfide) groups is 3. The molecule has 0 unspecified atom stereocenters.